The summed E-state index contributed by atoms with van der Waals surface area (Å²) in [6.07, 6.45) is 0.0455. The average Bonchev–Trinajstić information content (AvgIpc) is 2.59. The molecule has 0 fully saturated rings. The minimum atomic E-state index is -0.776. The van der Waals surface area contributed by atoms with Gasteiger partial charge in [0.2, 0.25) is 0 Å². The first-order valence-electron chi connectivity index (χ1n) is 7.93. The number of carbonyl (C=O) groups excluding carboxylic acids is 3. The Kier molecular flexibility index (Phi) is 8.07. The molecule has 0 spiro atoms. The summed E-state index contributed by atoms with van der Waals surface area (Å²) < 4.78 is 19.9. The highest BCUT2D eigenvalue weighted by molar-refractivity contribution is 5.96. The summed E-state index contributed by atoms with van der Waals surface area (Å²) >= 11 is 0. The number of methoxy groups -OCH3 is 2. The molecule has 138 valence electrons. The van der Waals surface area contributed by atoms with Gasteiger partial charge in [-0.1, -0.05) is 13.8 Å². The van der Waals surface area contributed by atoms with Crippen molar-refractivity contribution in [2.24, 2.45) is 5.92 Å². The van der Waals surface area contributed by atoms with Crippen molar-refractivity contribution in [1.29, 1.82) is 0 Å². The molecule has 1 atom stereocenters. The lowest BCUT2D eigenvalue weighted by Crippen LogP contribution is -2.26. The molecule has 7 nitrogen and oxygen atoms in total. The van der Waals surface area contributed by atoms with Crippen LogP contribution in [0.4, 0.5) is 0 Å². The van der Waals surface area contributed by atoms with Gasteiger partial charge >= 0.3 is 17.9 Å². The summed E-state index contributed by atoms with van der Waals surface area (Å²) in [4.78, 5) is 35.5. The van der Waals surface area contributed by atoms with Crippen LogP contribution in [-0.2, 0) is 19.0 Å². The van der Waals surface area contributed by atoms with Crippen molar-refractivity contribution >= 4 is 17.9 Å². The number of hydrogen-bond acceptors (Lipinski definition) is 7. The van der Waals surface area contributed by atoms with E-state index in [4.69, 9.17) is 9.47 Å². The van der Waals surface area contributed by atoms with Crippen LogP contribution in [0, 0.1) is 5.92 Å². The van der Waals surface area contributed by atoms with E-state index in [-0.39, 0.29) is 16.9 Å². The fraction of sp³-hybridized carbons (Fsp3) is 0.500. The molecule has 1 aromatic carbocycles. The average molecular weight is 352 g/mol. The van der Waals surface area contributed by atoms with Gasteiger partial charge in [0, 0.05) is 6.61 Å². The second kappa shape index (κ2) is 9.78. The Morgan fingerprint density at radius 3 is 1.88 bits per heavy atom. The van der Waals surface area contributed by atoms with Crippen molar-refractivity contribution < 1.29 is 33.3 Å². The predicted octanol–water partition coefficient (Wildman–Crippen LogP) is 2.62. The van der Waals surface area contributed by atoms with Crippen molar-refractivity contribution in [1.82, 2.24) is 0 Å². The monoisotopic (exact) mass is 352 g/mol. The molecule has 0 N–H and O–H groups in total. The summed E-state index contributed by atoms with van der Waals surface area (Å²) in [6.45, 7) is 6.12. The van der Waals surface area contributed by atoms with E-state index < -0.39 is 24.0 Å². The Hall–Kier alpha value is -2.41. The SMILES string of the molecule is COC(=O)c1cc(OC(=O)C(C)OCCC(C)C)cc(C(=O)OC)c1. The van der Waals surface area contributed by atoms with Gasteiger partial charge in [-0.3, -0.25) is 0 Å². The molecule has 0 aromatic heterocycles. The molecule has 7 heteroatoms. The Morgan fingerprint density at radius 1 is 0.920 bits per heavy atom. The molecule has 1 rings (SSSR count). The molecule has 0 amide bonds. The van der Waals surface area contributed by atoms with Crippen LogP contribution in [0.5, 0.6) is 5.75 Å². The summed E-state index contributed by atoms with van der Waals surface area (Å²) in [6, 6.07) is 3.94. The maximum Gasteiger partial charge on any atom is 0.340 e. The van der Waals surface area contributed by atoms with Gasteiger partial charge in [-0.2, -0.15) is 0 Å². The first-order chi connectivity index (χ1) is 11.8. The van der Waals surface area contributed by atoms with Crippen molar-refractivity contribution in [3.8, 4) is 5.75 Å². The summed E-state index contributed by atoms with van der Waals surface area (Å²) in [5.41, 5.74) is 0.142. The third-order valence-electron chi connectivity index (χ3n) is 3.36. The lowest BCUT2D eigenvalue weighted by molar-refractivity contribution is -0.146. The molecular weight excluding hydrogens is 328 g/mol. The van der Waals surface area contributed by atoms with E-state index in [0.29, 0.717) is 12.5 Å². The summed E-state index contributed by atoms with van der Waals surface area (Å²) in [5, 5.41) is 0. The normalized spacial score (nSPS) is 11.8. The molecular formula is C18H24O7. The first kappa shape index (κ1) is 20.6. The van der Waals surface area contributed by atoms with Crippen LogP contribution < -0.4 is 4.74 Å². The summed E-state index contributed by atoms with van der Waals surface area (Å²) in [5.74, 6) is -1.45. The highest BCUT2D eigenvalue weighted by Crippen LogP contribution is 2.20. The van der Waals surface area contributed by atoms with Crippen LogP contribution in [-0.4, -0.2) is 44.8 Å². The standard InChI is InChI=1S/C18H24O7/c1-11(2)6-7-24-12(3)16(19)25-15-9-13(17(20)22-4)8-14(10-15)18(21)23-5/h8-12H,6-7H2,1-5H3. The zero-order valence-corrected chi connectivity index (χ0v) is 15.2. The van der Waals surface area contributed by atoms with Crippen molar-refractivity contribution in [3.05, 3.63) is 29.3 Å². The molecule has 0 saturated carbocycles. The minimum Gasteiger partial charge on any atom is -0.465 e. The molecule has 0 bridgehead atoms. The van der Waals surface area contributed by atoms with Crippen LogP contribution in [0.25, 0.3) is 0 Å². The maximum absolute atomic E-state index is 12.1. The fourth-order valence-electron chi connectivity index (χ4n) is 1.88. The van der Waals surface area contributed by atoms with E-state index in [1.807, 2.05) is 0 Å². The van der Waals surface area contributed by atoms with Crippen molar-refractivity contribution in [2.45, 2.75) is 33.3 Å². The van der Waals surface area contributed by atoms with Gasteiger partial charge in [-0.25, -0.2) is 14.4 Å². The zero-order chi connectivity index (χ0) is 19.0. The number of benzene rings is 1. The molecule has 1 aromatic rings. The molecule has 0 aliphatic rings. The second-order valence-corrected chi connectivity index (χ2v) is 5.85. The topological polar surface area (TPSA) is 88.1 Å². The van der Waals surface area contributed by atoms with Gasteiger partial charge in [-0.15, -0.1) is 0 Å². The smallest absolute Gasteiger partial charge is 0.340 e. The second-order valence-electron chi connectivity index (χ2n) is 5.85. The van der Waals surface area contributed by atoms with Gasteiger partial charge in [0.05, 0.1) is 25.3 Å². The molecule has 0 heterocycles. The minimum absolute atomic E-state index is 0.0348. The van der Waals surface area contributed by atoms with Crippen molar-refractivity contribution in [3.63, 3.8) is 0 Å². The maximum atomic E-state index is 12.1. The number of rotatable bonds is 8. The third kappa shape index (κ3) is 6.54. The van der Waals surface area contributed by atoms with Crippen molar-refractivity contribution in [2.75, 3.05) is 20.8 Å². The molecule has 25 heavy (non-hydrogen) atoms. The van der Waals surface area contributed by atoms with E-state index in [1.54, 1.807) is 6.92 Å². The lowest BCUT2D eigenvalue weighted by Gasteiger charge is -2.14. The number of esters is 3. The Morgan fingerprint density at radius 2 is 1.44 bits per heavy atom. The van der Waals surface area contributed by atoms with Gasteiger partial charge < -0.3 is 18.9 Å². The van der Waals surface area contributed by atoms with Crippen LogP contribution >= 0.6 is 0 Å². The van der Waals surface area contributed by atoms with Gasteiger partial charge in [0.15, 0.2) is 6.10 Å². The van der Waals surface area contributed by atoms with E-state index in [2.05, 4.69) is 23.3 Å². The zero-order valence-electron chi connectivity index (χ0n) is 15.2. The largest absolute Gasteiger partial charge is 0.465 e. The highest BCUT2D eigenvalue weighted by atomic mass is 16.6. The number of carbonyl (C=O) groups is 3. The van der Waals surface area contributed by atoms with Crippen LogP contribution in [0.15, 0.2) is 18.2 Å². The molecule has 1 unspecified atom stereocenters. The van der Waals surface area contributed by atoms with Gasteiger partial charge in [0.25, 0.3) is 0 Å². The first-order valence-corrected chi connectivity index (χ1v) is 7.93. The predicted molar refractivity (Wildman–Crippen MR) is 89.6 cm³/mol. The van der Waals surface area contributed by atoms with Crippen LogP contribution in [0.1, 0.15) is 47.9 Å². The summed E-state index contributed by atoms with van der Waals surface area (Å²) in [7, 11) is 2.42. The Labute approximate surface area is 147 Å². The highest BCUT2D eigenvalue weighted by Gasteiger charge is 2.19. The molecule has 0 saturated heterocycles. The van der Waals surface area contributed by atoms with Crippen LogP contribution in [0.2, 0.25) is 0 Å². The van der Waals surface area contributed by atoms with E-state index >= 15 is 0 Å². The van der Waals surface area contributed by atoms with E-state index in [0.717, 1.165) is 6.42 Å². The molecule has 0 radical (unpaired) electrons. The molecule has 0 aliphatic carbocycles. The fourth-order valence-corrected chi connectivity index (χ4v) is 1.88. The van der Waals surface area contributed by atoms with E-state index in [1.165, 1.54) is 32.4 Å². The van der Waals surface area contributed by atoms with Gasteiger partial charge in [-0.05, 0) is 37.5 Å². The van der Waals surface area contributed by atoms with Crippen LogP contribution in [0.3, 0.4) is 0 Å². The Balaban J connectivity index is 2.90. The van der Waals surface area contributed by atoms with Gasteiger partial charge in [0.1, 0.15) is 5.75 Å². The Bertz CT molecular complexity index is 588. The number of hydrogen-bond donors (Lipinski definition) is 0. The molecule has 0 aliphatic heterocycles. The van der Waals surface area contributed by atoms with E-state index in [9.17, 15) is 14.4 Å². The number of ether oxygens (including phenoxy) is 4. The third-order valence-corrected chi connectivity index (χ3v) is 3.36. The lowest BCUT2D eigenvalue weighted by atomic mass is 10.1. The quantitative estimate of drug-likeness (QED) is 0.525.